The third kappa shape index (κ3) is 1.22. The van der Waals surface area contributed by atoms with Crippen molar-refractivity contribution in [3.63, 3.8) is 0 Å². The molecule has 0 aliphatic carbocycles. The van der Waals surface area contributed by atoms with Crippen molar-refractivity contribution in [1.82, 2.24) is 10.2 Å². The predicted octanol–water partition coefficient (Wildman–Crippen LogP) is 3.30. The van der Waals surface area contributed by atoms with Crippen LogP contribution in [0.15, 0.2) is 12.3 Å². The molecule has 0 bridgehead atoms. The van der Waals surface area contributed by atoms with Crippen LogP contribution in [0.25, 0.3) is 10.9 Å². The SMILES string of the molecule is Cc1cc2cn[nH]c2c(C(C)C)c1C. The summed E-state index contributed by atoms with van der Waals surface area (Å²) in [4.78, 5) is 0. The zero-order valence-corrected chi connectivity index (χ0v) is 9.18. The van der Waals surface area contributed by atoms with Crippen molar-refractivity contribution < 1.29 is 0 Å². The number of aromatic nitrogens is 2. The third-order valence-corrected chi connectivity index (χ3v) is 2.88. The molecule has 0 saturated heterocycles. The van der Waals surface area contributed by atoms with Crippen LogP contribution in [0.4, 0.5) is 0 Å². The molecule has 0 fully saturated rings. The van der Waals surface area contributed by atoms with E-state index in [9.17, 15) is 0 Å². The van der Waals surface area contributed by atoms with Crippen molar-refractivity contribution in [2.45, 2.75) is 33.6 Å². The van der Waals surface area contributed by atoms with Gasteiger partial charge in [0.15, 0.2) is 0 Å². The van der Waals surface area contributed by atoms with Gasteiger partial charge in [-0.3, -0.25) is 5.10 Å². The Kier molecular flexibility index (Phi) is 2.06. The van der Waals surface area contributed by atoms with Gasteiger partial charge < -0.3 is 0 Å². The molecule has 2 nitrogen and oxygen atoms in total. The number of rotatable bonds is 1. The minimum atomic E-state index is 0.540. The number of H-pyrrole nitrogens is 1. The van der Waals surface area contributed by atoms with Crippen LogP contribution >= 0.6 is 0 Å². The molecule has 0 aliphatic rings. The van der Waals surface area contributed by atoms with Gasteiger partial charge in [-0.05, 0) is 42.5 Å². The second-order valence-corrected chi connectivity index (χ2v) is 4.22. The lowest BCUT2D eigenvalue weighted by Gasteiger charge is -2.13. The summed E-state index contributed by atoms with van der Waals surface area (Å²) >= 11 is 0. The highest BCUT2D eigenvalue weighted by atomic mass is 15.1. The number of hydrogen-bond donors (Lipinski definition) is 1. The lowest BCUT2D eigenvalue weighted by atomic mass is 9.92. The molecule has 0 saturated carbocycles. The maximum atomic E-state index is 4.10. The molecule has 2 aromatic rings. The molecule has 0 radical (unpaired) electrons. The van der Waals surface area contributed by atoms with E-state index in [2.05, 4.69) is 44.0 Å². The Morgan fingerprint density at radius 3 is 2.64 bits per heavy atom. The molecule has 0 unspecified atom stereocenters. The average Bonchev–Trinajstić information content (AvgIpc) is 2.52. The summed E-state index contributed by atoms with van der Waals surface area (Å²) in [6, 6.07) is 2.19. The molecule has 1 aromatic carbocycles. The van der Waals surface area contributed by atoms with Crippen molar-refractivity contribution in [1.29, 1.82) is 0 Å². The molecule has 14 heavy (non-hydrogen) atoms. The lowest BCUT2D eigenvalue weighted by Crippen LogP contribution is -1.96. The number of nitrogens with one attached hydrogen (secondary N) is 1. The van der Waals surface area contributed by atoms with E-state index in [0.29, 0.717) is 5.92 Å². The average molecular weight is 188 g/mol. The van der Waals surface area contributed by atoms with Crippen LogP contribution in [0.1, 0.15) is 36.5 Å². The van der Waals surface area contributed by atoms with Crippen LogP contribution in [-0.4, -0.2) is 10.2 Å². The first-order valence-corrected chi connectivity index (χ1v) is 5.04. The fraction of sp³-hybridized carbons (Fsp3) is 0.417. The second kappa shape index (κ2) is 3.12. The molecule has 2 rings (SSSR count). The van der Waals surface area contributed by atoms with E-state index in [1.807, 2.05) is 6.20 Å². The molecule has 0 aliphatic heterocycles. The maximum Gasteiger partial charge on any atom is 0.0687 e. The maximum absolute atomic E-state index is 4.10. The van der Waals surface area contributed by atoms with Gasteiger partial charge >= 0.3 is 0 Å². The number of benzene rings is 1. The van der Waals surface area contributed by atoms with Gasteiger partial charge in [0.2, 0.25) is 0 Å². The lowest BCUT2D eigenvalue weighted by molar-refractivity contribution is 0.859. The van der Waals surface area contributed by atoms with Crippen molar-refractivity contribution in [2.75, 3.05) is 0 Å². The van der Waals surface area contributed by atoms with Crippen molar-refractivity contribution in [2.24, 2.45) is 0 Å². The van der Waals surface area contributed by atoms with Crippen LogP contribution in [-0.2, 0) is 0 Å². The topological polar surface area (TPSA) is 28.7 Å². The summed E-state index contributed by atoms with van der Waals surface area (Å²) in [5.41, 5.74) is 5.33. The van der Waals surface area contributed by atoms with E-state index in [1.54, 1.807) is 0 Å². The first kappa shape index (κ1) is 9.25. The molecule has 0 amide bonds. The third-order valence-electron chi connectivity index (χ3n) is 2.88. The van der Waals surface area contributed by atoms with Crippen LogP contribution < -0.4 is 0 Å². The van der Waals surface area contributed by atoms with Gasteiger partial charge in [-0.25, -0.2) is 0 Å². The quantitative estimate of drug-likeness (QED) is 0.730. The fourth-order valence-corrected chi connectivity index (χ4v) is 2.08. The van der Waals surface area contributed by atoms with Crippen LogP contribution in [0.5, 0.6) is 0 Å². The number of aromatic amines is 1. The molecular weight excluding hydrogens is 172 g/mol. The first-order valence-electron chi connectivity index (χ1n) is 5.04. The zero-order valence-electron chi connectivity index (χ0n) is 9.18. The smallest absolute Gasteiger partial charge is 0.0687 e. The monoisotopic (exact) mass is 188 g/mol. The number of nitrogens with zero attached hydrogens (tertiary/aromatic N) is 1. The minimum absolute atomic E-state index is 0.540. The number of hydrogen-bond acceptors (Lipinski definition) is 1. The normalized spacial score (nSPS) is 11.5. The highest BCUT2D eigenvalue weighted by molar-refractivity contribution is 5.84. The second-order valence-electron chi connectivity index (χ2n) is 4.22. The minimum Gasteiger partial charge on any atom is -0.278 e. The number of aryl methyl sites for hydroxylation is 1. The Labute approximate surface area is 84.3 Å². The van der Waals surface area contributed by atoms with Crippen molar-refractivity contribution in [3.8, 4) is 0 Å². The largest absolute Gasteiger partial charge is 0.278 e. The highest BCUT2D eigenvalue weighted by Crippen LogP contribution is 2.29. The molecular formula is C12H16N2. The van der Waals surface area contributed by atoms with Gasteiger partial charge in [0.1, 0.15) is 0 Å². The van der Waals surface area contributed by atoms with E-state index < -0.39 is 0 Å². The Hall–Kier alpha value is -1.31. The standard InChI is InChI=1S/C12H16N2/c1-7(2)11-9(4)8(3)5-10-6-13-14-12(10)11/h5-7H,1-4H3,(H,13,14). The zero-order chi connectivity index (χ0) is 10.3. The molecule has 2 heteroatoms. The van der Waals surface area contributed by atoms with Crippen LogP contribution in [0.3, 0.4) is 0 Å². The van der Waals surface area contributed by atoms with E-state index in [-0.39, 0.29) is 0 Å². The van der Waals surface area contributed by atoms with Gasteiger partial charge in [-0.15, -0.1) is 0 Å². The molecule has 1 N–H and O–H groups in total. The summed E-state index contributed by atoms with van der Waals surface area (Å²) < 4.78 is 0. The van der Waals surface area contributed by atoms with Crippen LogP contribution in [0.2, 0.25) is 0 Å². The molecule has 74 valence electrons. The summed E-state index contributed by atoms with van der Waals surface area (Å²) in [7, 11) is 0. The Morgan fingerprint density at radius 2 is 2.00 bits per heavy atom. The molecule has 0 atom stereocenters. The van der Waals surface area contributed by atoms with E-state index in [4.69, 9.17) is 0 Å². The van der Waals surface area contributed by atoms with Crippen molar-refractivity contribution in [3.05, 3.63) is 29.0 Å². The Morgan fingerprint density at radius 1 is 1.29 bits per heavy atom. The Balaban J connectivity index is 2.86. The molecule has 0 spiro atoms. The summed E-state index contributed by atoms with van der Waals surface area (Å²) in [6.45, 7) is 8.79. The predicted molar refractivity (Wildman–Crippen MR) is 59.7 cm³/mol. The van der Waals surface area contributed by atoms with E-state index in [1.165, 1.54) is 27.6 Å². The van der Waals surface area contributed by atoms with Gasteiger partial charge in [0.25, 0.3) is 0 Å². The first-order chi connectivity index (χ1) is 6.61. The Bertz CT molecular complexity index is 466. The molecule has 1 heterocycles. The summed E-state index contributed by atoms with van der Waals surface area (Å²) in [5, 5.41) is 8.41. The highest BCUT2D eigenvalue weighted by Gasteiger charge is 2.11. The van der Waals surface area contributed by atoms with Gasteiger partial charge in [0.05, 0.1) is 11.7 Å². The number of fused-ring (bicyclic) bond motifs is 1. The van der Waals surface area contributed by atoms with E-state index >= 15 is 0 Å². The van der Waals surface area contributed by atoms with Crippen LogP contribution in [0, 0.1) is 13.8 Å². The van der Waals surface area contributed by atoms with Crippen molar-refractivity contribution >= 4 is 10.9 Å². The van der Waals surface area contributed by atoms with Gasteiger partial charge in [-0.2, -0.15) is 5.10 Å². The van der Waals surface area contributed by atoms with Gasteiger partial charge in [-0.1, -0.05) is 13.8 Å². The molecule has 1 aromatic heterocycles. The van der Waals surface area contributed by atoms with E-state index in [0.717, 1.165) is 0 Å². The fourth-order valence-electron chi connectivity index (χ4n) is 2.08. The summed E-state index contributed by atoms with van der Waals surface area (Å²) in [5.74, 6) is 0.540. The summed E-state index contributed by atoms with van der Waals surface area (Å²) in [6.07, 6.45) is 1.90. The van der Waals surface area contributed by atoms with Gasteiger partial charge in [0, 0.05) is 5.39 Å².